The molecule has 2 N–H and O–H groups in total. The molecule has 0 spiro atoms. The molecule has 62 heavy (non-hydrogen) atoms. The highest BCUT2D eigenvalue weighted by molar-refractivity contribution is 5.97. The van der Waals surface area contributed by atoms with Gasteiger partial charge in [0.25, 0.3) is 0 Å². The molecule has 334 valence electrons. The van der Waals surface area contributed by atoms with Crippen LogP contribution >= 0.6 is 0 Å². The summed E-state index contributed by atoms with van der Waals surface area (Å²) < 4.78 is 37.6. The summed E-state index contributed by atoms with van der Waals surface area (Å²) in [5.41, 5.74) is 5.58. The number of allylic oxidation sites excluding steroid dienone is 4. The number of aryl methyl sites for hydroxylation is 2. The number of hydrogen-bond acceptors (Lipinski definition) is 12. The number of benzene rings is 2. The van der Waals surface area contributed by atoms with Crippen molar-refractivity contribution in [1.82, 2.24) is 0 Å². The first kappa shape index (κ1) is 51.4. The van der Waals surface area contributed by atoms with E-state index in [4.69, 9.17) is 33.2 Å². The minimum atomic E-state index is -0.701. The van der Waals surface area contributed by atoms with E-state index in [1.165, 1.54) is 6.26 Å². The summed E-state index contributed by atoms with van der Waals surface area (Å²) in [5.74, 6) is 0.217. The summed E-state index contributed by atoms with van der Waals surface area (Å²) in [7, 11) is 0. The molecule has 0 radical (unpaired) electrons. The van der Waals surface area contributed by atoms with Crippen molar-refractivity contribution in [2.75, 3.05) is 43.7 Å². The number of ketones is 1. The first-order valence-corrected chi connectivity index (χ1v) is 20.1. The van der Waals surface area contributed by atoms with Crippen molar-refractivity contribution in [1.29, 1.82) is 0 Å². The molecule has 0 saturated carbocycles. The average Bonchev–Trinajstić information content (AvgIpc) is 3.23. The Morgan fingerprint density at radius 2 is 1.48 bits per heavy atom. The van der Waals surface area contributed by atoms with Gasteiger partial charge in [-0.2, -0.15) is 0 Å². The minimum absolute atomic E-state index is 0.0403. The van der Waals surface area contributed by atoms with Crippen LogP contribution in [-0.4, -0.2) is 69.1 Å². The Labute approximate surface area is 366 Å². The highest BCUT2D eigenvalue weighted by Crippen LogP contribution is 2.27. The summed E-state index contributed by atoms with van der Waals surface area (Å²) in [6.45, 7) is 33.9. The third kappa shape index (κ3) is 19.1. The smallest absolute Gasteiger partial charge is 0.412 e. The lowest BCUT2D eigenvalue weighted by Crippen LogP contribution is -2.25. The first-order chi connectivity index (χ1) is 29.4. The van der Waals surface area contributed by atoms with Gasteiger partial charge >= 0.3 is 18.0 Å². The lowest BCUT2D eigenvalue weighted by atomic mass is 9.91. The Morgan fingerprint density at radius 1 is 0.790 bits per heavy atom. The summed E-state index contributed by atoms with van der Waals surface area (Å²) in [6, 6.07) is 12.4. The van der Waals surface area contributed by atoms with Crippen molar-refractivity contribution >= 4 is 35.2 Å². The van der Waals surface area contributed by atoms with Gasteiger partial charge in [-0.25, -0.2) is 14.4 Å². The fourth-order valence-corrected chi connectivity index (χ4v) is 5.33. The number of hydrogen-bond donors (Lipinski definition) is 2. The monoisotopic (exact) mass is 854 g/mol. The zero-order valence-corrected chi connectivity index (χ0v) is 37.0. The summed E-state index contributed by atoms with van der Waals surface area (Å²) in [5, 5.41) is 5.80. The number of anilines is 2. The third-order valence-electron chi connectivity index (χ3n) is 8.72. The third-order valence-corrected chi connectivity index (χ3v) is 8.72. The predicted molar refractivity (Wildman–Crippen MR) is 242 cm³/mol. The molecule has 1 amide bonds. The number of Topliss-reactive ketones (excluding diaryl/α,β-unsaturated/α-hetero) is 1. The van der Waals surface area contributed by atoms with E-state index < -0.39 is 30.2 Å². The van der Waals surface area contributed by atoms with Gasteiger partial charge in [0, 0.05) is 34.5 Å². The second-order valence-electron chi connectivity index (χ2n) is 14.4. The normalized spacial score (nSPS) is 12.4. The van der Waals surface area contributed by atoms with E-state index in [0.29, 0.717) is 71.2 Å². The number of rotatable bonds is 25. The zero-order valence-electron chi connectivity index (χ0n) is 37.0. The quantitative estimate of drug-likeness (QED) is 0.0244. The Hall–Kier alpha value is -6.76. The maximum atomic E-state index is 13.0. The molecule has 1 aliphatic carbocycles. The first-order valence-electron chi connectivity index (χ1n) is 20.1. The summed E-state index contributed by atoms with van der Waals surface area (Å²) in [4.78, 5) is 49.5. The average molecular weight is 855 g/mol. The number of nitrogens with one attached hydrogen (secondary N) is 2. The van der Waals surface area contributed by atoms with Gasteiger partial charge < -0.3 is 38.5 Å². The van der Waals surface area contributed by atoms with Gasteiger partial charge in [-0.15, -0.1) is 0 Å². The van der Waals surface area contributed by atoms with Gasteiger partial charge in [-0.1, -0.05) is 69.3 Å². The number of amides is 1. The van der Waals surface area contributed by atoms with E-state index in [-0.39, 0.29) is 37.9 Å². The molecule has 0 fully saturated rings. The maximum Gasteiger partial charge on any atom is 0.412 e. The fourth-order valence-electron chi connectivity index (χ4n) is 5.33. The molecule has 2 unspecified atom stereocenters. The molecule has 0 aliphatic heterocycles. The van der Waals surface area contributed by atoms with Crippen LogP contribution in [0.25, 0.3) is 0 Å². The highest BCUT2D eigenvalue weighted by Gasteiger charge is 2.20. The number of esters is 2. The number of carbonyl (C=O) groups excluding carboxylic acids is 4. The van der Waals surface area contributed by atoms with Gasteiger partial charge in [0.1, 0.15) is 50.2 Å². The van der Waals surface area contributed by atoms with Crippen LogP contribution in [0.4, 0.5) is 16.2 Å². The van der Waals surface area contributed by atoms with Crippen molar-refractivity contribution < 1.29 is 52.3 Å². The van der Waals surface area contributed by atoms with Crippen molar-refractivity contribution in [3.05, 3.63) is 157 Å². The van der Waals surface area contributed by atoms with Crippen molar-refractivity contribution in [3.63, 3.8) is 0 Å². The SMILES string of the molecule is C=C(Nc1ccc(C)c(NC(=O)OC(C)COC(=O)c2ccccc2C)c1)OC(C)COC(=C)C1=C(C(=O)CCCOC(=O)C(=C)C)CCC=C1.C=COCCOC(=C)C(=C)C. The van der Waals surface area contributed by atoms with Gasteiger partial charge in [0.2, 0.25) is 0 Å². The van der Waals surface area contributed by atoms with Crippen LogP contribution in [0.3, 0.4) is 0 Å². The lowest BCUT2D eigenvalue weighted by Gasteiger charge is -2.21. The van der Waals surface area contributed by atoms with Gasteiger partial charge in [-0.05, 0) is 102 Å². The molecule has 1 aliphatic rings. The molecule has 13 heteroatoms. The van der Waals surface area contributed by atoms with Gasteiger partial charge in [0.15, 0.2) is 11.7 Å². The van der Waals surface area contributed by atoms with E-state index >= 15 is 0 Å². The predicted octanol–water partition coefficient (Wildman–Crippen LogP) is 10.3. The number of ether oxygens (including phenoxy) is 7. The van der Waals surface area contributed by atoms with Crippen LogP contribution in [-0.2, 0) is 42.7 Å². The van der Waals surface area contributed by atoms with Gasteiger partial charge in [-0.3, -0.25) is 10.1 Å². The fraction of sp³-hybridized carbons (Fsp3) is 0.347. The Kier molecular flexibility index (Phi) is 22.5. The van der Waals surface area contributed by atoms with Crippen LogP contribution < -0.4 is 10.6 Å². The van der Waals surface area contributed by atoms with Crippen LogP contribution in [0.5, 0.6) is 0 Å². The van der Waals surface area contributed by atoms with E-state index in [0.717, 1.165) is 23.1 Å². The van der Waals surface area contributed by atoms with Crippen LogP contribution in [0.1, 0.15) is 74.9 Å². The molecule has 0 saturated heterocycles. The molecule has 0 bridgehead atoms. The Morgan fingerprint density at radius 3 is 2.16 bits per heavy atom. The second kappa shape index (κ2) is 27.2. The van der Waals surface area contributed by atoms with Gasteiger partial charge in [0.05, 0.1) is 18.4 Å². The van der Waals surface area contributed by atoms with E-state index in [2.05, 4.69) is 50.1 Å². The largest absolute Gasteiger partial charge is 0.498 e. The molecule has 3 rings (SSSR count). The molecule has 0 aromatic heterocycles. The van der Waals surface area contributed by atoms with Crippen molar-refractivity contribution in [2.24, 2.45) is 0 Å². The second-order valence-corrected chi connectivity index (χ2v) is 14.4. The number of carbonyl (C=O) groups is 4. The summed E-state index contributed by atoms with van der Waals surface area (Å²) >= 11 is 0. The standard InChI is InChI=1S/C40H48N2O9.C9H14O2/c1-25(2)38(44)47-21-13-18-37(43)35-17-12-11-16-34(35)30(7)48-23-28(5)50-31(8)41-32-20-19-27(4)36(22-32)42-40(46)51-29(6)24-49-39(45)33-15-10-9-14-26(33)3;1-5-10-6-7-11-9(4)8(2)3/h9-11,14-16,19-20,22,28-29,41H,1,7-8,12-13,17-18,21,23-24H2,2-6H3,(H,42,46);5H,1-2,4,6-7H2,3H3. The molecule has 0 heterocycles. The maximum absolute atomic E-state index is 13.0. The topological polar surface area (TPSA) is 157 Å². The van der Waals surface area contributed by atoms with E-state index in [1.54, 1.807) is 39.0 Å². The van der Waals surface area contributed by atoms with Crippen LogP contribution in [0.15, 0.2) is 140 Å². The van der Waals surface area contributed by atoms with Crippen molar-refractivity contribution in [3.8, 4) is 0 Å². The lowest BCUT2D eigenvalue weighted by molar-refractivity contribution is -0.139. The molecule has 2 aromatic rings. The molecule has 2 aromatic carbocycles. The Bertz CT molecular complexity index is 2030. The van der Waals surface area contributed by atoms with Crippen LogP contribution in [0, 0.1) is 13.8 Å². The molecular weight excluding hydrogens is 793 g/mol. The highest BCUT2D eigenvalue weighted by atomic mass is 16.6. The molecular formula is C49H62N2O11. The van der Waals surface area contributed by atoms with Crippen LogP contribution in [0.2, 0.25) is 0 Å². The van der Waals surface area contributed by atoms with E-state index in [1.807, 2.05) is 57.2 Å². The van der Waals surface area contributed by atoms with E-state index in [9.17, 15) is 19.2 Å². The zero-order chi connectivity index (χ0) is 46.2. The summed E-state index contributed by atoms with van der Waals surface area (Å²) in [6.07, 6.45) is 5.31. The minimum Gasteiger partial charge on any atom is -0.498 e. The molecule has 2 atom stereocenters. The molecule has 13 nitrogen and oxygen atoms in total. The Balaban J connectivity index is 0.00000105. The van der Waals surface area contributed by atoms with Crippen molar-refractivity contribution in [2.45, 2.75) is 79.4 Å².